The first-order valence-electron chi connectivity index (χ1n) is 7.40. The van der Waals surface area contributed by atoms with Gasteiger partial charge in [-0.05, 0) is 19.4 Å². The van der Waals surface area contributed by atoms with Gasteiger partial charge in [-0.1, -0.05) is 26.2 Å². The van der Waals surface area contributed by atoms with E-state index in [4.69, 9.17) is 4.74 Å². The number of rotatable bonds is 4. The quantitative estimate of drug-likeness (QED) is 0.775. The predicted octanol–water partition coefficient (Wildman–Crippen LogP) is 1.07. The lowest BCUT2D eigenvalue weighted by Gasteiger charge is -2.33. The number of esters is 1. The molecule has 2 aliphatic rings. The van der Waals surface area contributed by atoms with Gasteiger partial charge < -0.3 is 10.1 Å². The lowest BCUT2D eigenvalue weighted by Crippen LogP contribution is -2.51. The number of nitrogens with zero attached hydrogens (tertiary/aromatic N) is 1. The van der Waals surface area contributed by atoms with E-state index in [2.05, 4.69) is 5.32 Å². The number of carbonyl (C=O) groups excluding carboxylic acids is 2. The van der Waals surface area contributed by atoms with Gasteiger partial charge in [-0.3, -0.25) is 14.5 Å². The molecular formula is C14H24N2O3. The third-order valence-electron chi connectivity index (χ3n) is 4.09. The Balaban J connectivity index is 1.83. The monoisotopic (exact) mass is 268 g/mol. The normalized spacial score (nSPS) is 25.9. The van der Waals surface area contributed by atoms with Gasteiger partial charge in [-0.25, -0.2) is 0 Å². The van der Waals surface area contributed by atoms with Crippen LogP contribution in [0.15, 0.2) is 0 Å². The molecule has 1 amide bonds. The summed E-state index contributed by atoms with van der Waals surface area (Å²) in [6.07, 6.45) is 6.01. The van der Waals surface area contributed by atoms with E-state index in [-0.39, 0.29) is 18.3 Å². The molecule has 0 aromatic carbocycles. The minimum atomic E-state index is -0.401. The number of amides is 1. The molecule has 0 aromatic rings. The number of likely N-dealkylation sites (N-methyl/N-ethyl adjacent to an activating group) is 1. The molecular weight excluding hydrogens is 244 g/mol. The second-order valence-corrected chi connectivity index (χ2v) is 5.42. The van der Waals surface area contributed by atoms with Crippen LogP contribution >= 0.6 is 0 Å². The number of ether oxygens (including phenoxy) is 1. The Hall–Kier alpha value is -1.10. The smallest absolute Gasteiger partial charge is 0.323 e. The Bertz CT molecular complexity index is 327. The Kier molecular flexibility index (Phi) is 5.19. The van der Waals surface area contributed by atoms with Crippen LogP contribution in [0.25, 0.3) is 0 Å². The molecule has 1 N–H and O–H groups in total. The predicted molar refractivity (Wildman–Crippen MR) is 71.6 cm³/mol. The van der Waals surface area contributed by atoms with Crippen molar-refractivity contribution < 1.29 is 14.3 Å². The van der Waals surface area contributed by atoms with Gasteiger partial charge in [0, 0.05) is 12.6 Å². The van der Waals surface area contributed by atoms with E-state index in [1.807, 2.05) is 11.8 Å². The SMILES string of the molecule is CCN1CCOC(=O)[C@@H]1CC(=O)NC1CCCCC1. The molecule has 0 spiro atoms. The van der Waals surface area contributed by atoms with Gasteiger partial charge >= 0.3 is 5.97 Å². The summed E-state index contributed by atoms with van der Waals surface area (Å²) in [5.41, 5.74) is 0. The van der Waals surface area contributed by atoms with E-state index in [0.717, 1.165) is 25.9 Å². The first kappa shape index (κ1) is 14.3. The Morgan fingerprint density at radius 1 is 1.37 bits per heavy atom. The number of carbonyl (C=O) groups is 2. The van der Waals surface area contributed by atoms with Crippen molar-refractivity contribution in [1.29, 1.82) is 0 Å². The molecule has 0 aromatic heterocycles. The zero-order chi connectivity index (χ0) is 13.7. The van der Waals surface area contributed by atoms with Gasteiger partial charge in [-0.2, -0.15) is 0 Å². The minimum absolute atomic E-state index is 0.0193. The minimum Gasteiger partial charge on any atom is -0.463 e. The molecule has 5 nitrogen and oxygen atoms in total. The second kappa shape index (κ2) is 6.89. The summed E-state index contributed by atoms with van der Waals surface area (Å²) in [6, 6.07) is -0.0988. The van der Waals surface area contributed by atoms with Crippen molar-refractivity contribution in [3.8, 4) is 0 Å². The summed E-state index contributed by atoms with van der Waals surface area (Å²) in [4.78, 5) is 25.8. The third-order valence-corrected chi connectivity index (χ3v) is 4.09. The Morgan fingerprint density at radius 3 is 2.79 bits per heavy atom. The van der Waals surface area contributed by atoms with Gasteiger partial charge in [0.05, 0.1) is 6.42 Å². The zero-order valence-corrected chi connectivity index (χ0v) is 11.7. The fraction of sp³-hybridized carbons (Fsp3) is 0.857. The summed E-state index contributed by atoms with van der Waals surface area (Å²) < 4.78 is 5.05. The number of morpholine rings is 1. The lowest BCUT2D eigenvalue weighted by molar-refractivity contribution is -0.159. The molecule has 19 heavy (non-hydrogen) atoms. The van der Waals surface area contributed by atoms with E-state index in [1.165, 1.54) is 19.3 Å². The Labute approximate surface area is 114 Å². The molecule has 2 rings (SSSR count). The number of hydrogen-bond donors (Lipinski definition) is 1. The van der Waals surface area contributed by atoms with Crippen molar-refractivity contribution in [2.45, 2.75) is 57.5 Å². The zero-order valence-electron chi connectivity index (χ0n) is 11.7. The van der Waals surface area contributed by atoms with E-state index < -0.39 is 6.04 Å². The van der Waals surface area contributed by atoms with Crippen LogP contribution in [0.5, 0.6) is 0 Å². The number of cyclic esters (lactones) is 1. The number of nitrogens with one attached hydrogen (secondary N) is 1. The summed E-state index contributed by atoms with van der Waals surface area (Å²) in [6.45, 7) is 3.94. The van der Waals surface area contributed by atoms with Crippen molar-refractivity contribution in [2.75, 3.05) is 19.7 Å². The third kappa shape index (κ3) is 3.93. The van der Waals surface area contributed by atoms with Crippen molar-refractivity contribution in [3.63, 3.8) is 0 Å². The molecule has 0 bridgehead atoms. The van der Waals surface area contributed by atoms with E-state index in [9.17, 15) is 9.59 Å². The fourth-order valence-corrected chi connectivity index (χ4v) is 2.96. The van der Waals surface area contributed by atoms with Crippen molar-refractivity contribution in [3.05, 3.63) is 0 Å². The van der Waals surface area contributed by atoms with Crippen molar-refractivity contribution in [2.24, 2.45) is 0 Å². The molecule has 1 saturated heterocycles. The molecule has 1 aliphatic heterocycles. The van der Waals surface area contributed by atoms with Gasteiger partial charge in [0.2, 0.25) is 5.91 Å². The molecule has 0 radical (unpaired) electrons. The van der Waals surface area contributed by atoms with Crippen LogP contribution in [0.4, 0.5) is 0 Å². The molecule has 1 heterocycles. The topological polar surface area (TPSA) is 58.6 Å². The summed E-state index contributed by atoms with van der Waals surface area (Å²) in [5, 5.41) is 3.06. The maximum atomic E-state index is 12.0. The van der Waals surface area contributed by atoms with Gasteiger partial charge in [0.1, 0.15) is 12.6 Å². The van der Waals surface area contributed by atoms with Gasteiger partial charge in [0.25, 0.3) is 0 Å². The van der Waals surface area contributed by atoms with Crippen molar-refractivity contribution in [1.82, 2.24) is 10.2 Å². The van der Waals surface area contributed by atoms with Crippen molar-refractivity contribution >= 4 is 11.9 Å². The van der Waals surface area contributed by atoms with E-state index in [1.54, 1.807) is 0 Å². The van der Waals surface area contributed by atoms with Crippen LogP contribution in [-0.2, 0) is 14.3 Å². The molecule has 1 saturated carbocycles. The first-order chi connectivity index (χ1) is 9.20. The van der Waals surface area contributed by atoms with Gasteiger partial charge in [0.15, 0.2) is 0 Å². The highest BCUT2D eigenvalue weighted by molar-refractivity contribution is 5.85. The van der Waals surface area contributed by atoms with Crippen LogP contribution in [0.2, 0.25) is 0 Å². The molecule has 108 valence electrons. The lowest BCUT2D eigenvalue weighted by atomic mass is 9.95. The Morgan fingerprint density at radius 2 is 2.11 bits per heavy atom. The summed E-state index contributed by atoms with van der Waals surface area (Å²) in [7, 11) is 0. The van der Waals surface area contributed by atoms with Crippen LogP contribution in [0.3, 0.4) is 0 Å². The highest BCUT2D eigenvalue weighted by Crippen LogP contribution is 2.18. The number of hydrogen-bond acceptors (Lipinski definition) is 4. The maximum Gasteiger partial charge on any atom is 0.323 e. The molecule has 5 heteroatoms. The van der Waals surface area contributed by atoms with Crippen LogP contribution in [0, 0.1) is 0 Å². The van der Waals surface area contributed by atoms with Crippen LogP contribution in [-0.4, -0.2) is 48.6 Å². The van der Waals surface area contributed by atoms with Gasteiger partial charge in [-0.15, -0.1) is 0 Å². The standard InChI is InChI=1S/C14H24N2O3/c1-2-16-8-9-19-14(18)12(16)10-13(17)15-11-6-4-3-5-7-11/h11-12H,2-10H2,1H3,(H,15,17)/t12-/m0/s1. The fourth-order valence-electron chi connectivity index (χ4n) is 2.96. The largest absolute Gasteiger partial charge is 0.463 e. The molecule has 0 unspecified atom stereocenters. The average molecular weight is 268 g/mol. The molecule has 2 fully saturated rings. The second-order valence-electron chi connectivity index (χ2n) is 5.42. The summed E-state index contributed by atoms with van der Waals surface area (Å²) in [5.74, 6) is -0.277. The van der Waals surface area contributed by atoms with Crippen LogP contribution < -0.4 is 5.32 Å². The maximum absolute atomic E-state index is 12.0. The van der Waals surface area contributed by atoms with Crippen LogP contribution in [0.1, 0.15) is 45.4 Å². The highest BCUT2D eigenvalue weighted by Gasteiger charge is 2.32. The highest BCUT2D eigenvalue weighted by atomic mass is 16.5. The molecule has 1 aliphatic carbocycles. The molecule has 1 atom stereocenters. The average Bonchev–Trinajstić information content (AvgIpc) is 2.42. The van der Waals surface area contributed by atoms with E-state index in [0.29, 0.717) is 12.6 Å². The first-order valence-corrected chi connectivity index (χ1v) is 7.40. The summed E-state index contributed by atoms with van der Waals surface area (Å²) >= 11 is 0. The van der Waals surface area contributed by atoms with E-state index >= 15 is 0 Å².